The summed E-state index contributed by atoms with van der Waals surface area (Å²) in [7, 11) is 2.09. The number of hydrogen-bond acceptors (Lipinski definition) is 5. The number of hydrogen-bond donors (Lipinski definition) is 1. The quantitative estimate of drug-likeness (QED) is 0.798. The lowest BCUT2D eigenvalue weighted by Crippen LogP contribution is -2.29. The first-order valence-corrected chi connectivity index (χ1v) is 8.17. The molecule has 1 saturated heterocycles. The lowest BCUT2D eigenvalue weighted by Gasteiger charge is -2.22. The number of anilines is 2. The molecule has 1 atom stereocenters. The number of rotatable bonds is 8. The van der Waals surface area contributed by atoms with Crippen LogP contribution in [0.15, 0.2) is 6.07 Å². The van der Waals surface area contributed by atoms with Crippen molar-refractivity contribution in [3.63, 3.8) is 0 Å². The third-order valence-corrected chi connectivity index (χ3v) is 3.68. The van der Waals surface area contributed by atoms with Gasteiger partial charge in [0.1, 0.15) is 17.5 Å². The van der Waals surface area contributed by atoms with Crippen LogP contribution in [0.5, 0.6) is 0 Å². The van der Waals surface area contributed by atoms with E-state index in [1.807, 2.05) is 6.07 Å². The highest BCUT2D eigenvalue weighted by Crippen LogP contribution is 2.19. The number of nitrogens with one attached hydrogen (secondary N) is 1. The number of aromatic nitrogens is 2. The van der Waals surface area contributed by atoms with Gasteiger partial charge in [-0.25, -0.2) is 9.97 Å². The van der Waals surface area contributed by atoms with E-state index < -0.39 is 0 Å². The van der Waals surface area contributed by atoms with E-state index in [9.17, 15) is 0 Å². The summed E-state index contributed by atoms with van der Waals surface area (Å²) in [6.07, 6.45) is 5.74. The van der Waals surface area contributed by atoms with Gasteiger partial charge in [0, 0.05) is 39.2 Å². The Morgan fingerprint density at radius 3 is 2.86 bits per heavy atom. The van der Waals surface area contributed by atoms with Crippen LogP contribution >= 0.6 is 0 Å². The lowest BCUT2D eigenvalue weighted by atomic mass is 10.2. The average molecular weight is 292 g/mol. The molecule has 2 rings (SSSR count). The molecule has 21 heavy (non-hydrogen) atoms. The first kappa shape index (κ1) is 16.0. The van der Waals surface area contributed by atoms with Crippen molar-refractivity contribution in [3.8, 4) is 0 Å². The molecule has 0 radical (unpaired) electrons. The first-order chi connectivity index (χ1) is 10.2. The van der Waals surface area contributed by atoms with E-state index in [-0.39, 0.29) is 0 Å². The van der Waals surface area contributed by atoms with Gasteiger partial charge in [-0.3, -0.25) is 0 Å². The SMILES string of the molecule is CCCNc1cc(N(C)CC2CCCO2)nc(CCC)n1. The Balaban J connectivity index is 2.09. The molecule has 1 aliphatic rings. The Bertz CT molecular complexity index is 432. The van der Waals surface area contributed by atoms with Crippen molar-refractivity contribution < 1.29 is 4.74 Å². The molecule has 5 nitrogen and oxygen atoms in total. The maximum Gasteiger partial charge on any atom is 0.134 e. The average Bonchev–Trinajstić information content (AvgIpc) is 2.98. The van der Waals surface area contributed by atoms with E-state index in [1.54, 1.807) is 0 Å². The van der Waals surface area contributed by atoms with E-state index in [1.165, 1.54) is 6.42 Å². The molecule has 1 aromatic rings. The van der Waals surface area contributed by atoms with Crippen molar-refractivity contribution >= 4 is 11.6 Å². The summed E-state index contributed by atoms with van der Waals surface area (Å²) in [5.74, 6) is 2.85. The normalized spacial score (nSPS) is 18.0. The van der Waals surface area contributed by atoms with Crippen LogP contribution < -0.4 is 10.2 Å². The Hall–Kier alpha value is -1.36. The zero-order valence-corrected chi connectivity index (χ0v) is 13.6. The van der Waals surface area contributed by atoms with Gasteiger partial charge in [-0.1, -0.05) is 13.8 Å². The molecule has 0 amide bonds. The Morgan fingerprint density at radius 2 is 2.19 bits per heavy atom. The van der Waals surface area contributed by atoms with Crippen molar-refractivity contribution in [1.29, 1.82) is 0 Å². The van der Waals surface area contributed by atoms with Gasteiger partial charge >= 0.3 is 0 Å². The summed E-state index contributed by atoms with van der Waals surface area (Å²) in [4.78, 5) is 11.5. The summed E-state index contributed by atoms with van der Waals surface area (Å²) in [6, 6.07) is 2.05. The van der Waals surface area contributed by atoms with E-state index in [2.05, 4.69) is 36.1 Å². The minimum absolute atomic E-state index is 0.339. The highest BCUT2D eigenvalue weighted by molar-refractivity contribution is 5.49. The fraction of sp³-hybridized carbons (Fsp3) is 0.750. The summed E-state index contributed by atoms with van der Waals surface area (Å²) in [5, 5.41) is 3.37. The summed E-state index contributed by atoms with van der Waals surface area (Å²) in [5.41, 5.74) is 0. The van der Waals surface area contributed by atoms with Crippen LogP contribution in [-0.4, -0.2) is 42.8 Å². The summed E-state index contributed by atoms with van der Waals surface area (Å²) >= 11 is 0. The van der Waals surface area contributed by atoms with Gasteiger partial charge in [-0.2, -0.15) is 0 Å². The van der Waals surface area contributed by atoms with Crippen LogP contribution in [0.1, 0.15) is 45.4 Å². The molecule has 1 aromatic heterocycles. The van der Waals surface area contributed by atoms with E-state index in [4.69, 9.17) is 9.72 Å². The lowest BCUT2D eigenvalue weighted by molar-refractivity contribution is 0.116. The largest absolute Gasteiger partial charge is 0.376 e. The molecule has 0 spiro atoms. The molecule has 0 bridgehead atoms. The Morgan fingerprint density at radius 1 is 1.33 bits per heavy atom. The molecule has 2 heterocycles. The van der Waals surface area contributed by atoms with Gasteiger partial charge in [0.2, 0.25) is 0 Å². The fourth-order valence-electron chi connectivity index (χ4n) is 2.55. The number of nitrogens with zero attached hydrogens (tertiary/aromatic N) is 3. The van der Waals surface area contributed by atoms with E-state index >= 15 is 0 Å². The minimum atomic E-state index is 0.339. The summed E-state index contributed by atoms with van der Waals surface area (Å²) < 4.78 is 5.72. The highest BCUT2D eigenvalue weighted by Gasteiger charge is 2.18. The molecular formula is C16H28N4O. The van der Waals surface area contributed by atoms with Crippen LogP contribution in [0, 0.1) is 0 Å². The predicted octanol–water partition coefficient (Wildman–Crippen LogP) is 2.87. The van der Waals surface area contributed by atoms with Gasteiger partial charge in [0.15, 0.2) is 0 Å². The highest BCUT2D eigenvalue weighted by atomic mass is 16.5. The van der Waals surface area contributed by atoms with Crippen molar-refractivity contribution in [2.24, 2.45) is 0 Å². The molecule has 0 aliphatic carbocycles. The van der Waals surface area contributed by atoms with Crippen LogP contribution in [-0.2, 0) is 11.2 Å². The molecule has 0 saturated carbocycles. The van der Waals surface area contributed by atoms with E-state index in [0.29, 0.717) is 6.10 Å². The molecule has 0 aromatic carbocycles. The first-order valence-electron chi connectivity index (χ1n) is 8.17. The maximum absolute atomic E-state index is 5.72. The molecule has 118 valence electrons. The number of aryl methyl sites for hydroxylation is 1. The topological polar surface area (TPSA) is 50.3 Å². The third-order valence-electron chi connectivity index (χ3n) is 3.68. The molecule has 1 aliphatic heterocycles. The van der Waals surface area contributed by atoms with Gasteiger partial charge < -0.3 is 15.0 Å². The van der Waals surface area contributed by atoms with Crippen LogP contribution in [0.25, 0.3) is 0 Å². The fourth-order valence-corrected chi connectivity index (χ4v) is 2.55. The van der Waals surface area contributed by atoms with Crippen molar-refractivity contribution in [1.82, 2.24) is 9.97 Å². The monoisotopic (exact) mass is 292 g/mol. The van der Waals surface area contributed by atoms with Crippen molar-refractivity contribution in [2.75, 3.05) is 37.0 Å². The molecule has 5 heteroatoms. The zero-order chi connectivity index (χ0) is 15.1. The van der Waals surface area contributed by atoms with E-state index in [0.717, 1.165) is 62.8 Å². The second-order valence-electron chi connectivity index (χ2n) is 5.72. The second-order valence-corrected chi connectivity index (χ2v) is 5.72. The molecular weight excluding hydrogens is 264 g/mol. The summed E-state index contributed by atoms with van der Waals surface area (Å²) in [6.45, 7) is 7.05. The zero-order valence-electron chi connectivity index (χ0n) is 13.6. The smallest absolute Gasteiger partial charge is 0.134 e. The van der Waals surface area contributed by atoms with Gasteiger partial charge in [0.25, 0.3) is 0 Å². The molecule has 1 N–H and O–H groups in total. The maximum atomic E-state index is 5.72. The number of likely N-dealkylation sites (N-methyl/N-ethyl adjacent to an activating group) is 1. The van der Waals surface area contributed by atoms with Crippen LogP contribution in [0.2, 0.25) is 0 Å². The van der Waals surface area contributed by atoms with Crippen molar-refractivity contribution in [2.45, 2.75) is 52.1 Å². The number of ether oxygens (including phenoxy) is 1. The third kappa shape index (κ3) is 4.84. The Kier molecular flexibility index (Phi) is 6.23. The minimum Gasteiger partial charge on any atom is -0.376 e. The Labute approximate surface area is 128 Å². The van der Waals surface area contributed by atoms with Gasteiger partial charge in [-0.05, 0) is 25.7 Å². The molecule has 1 fully saturated rings. The van der Waals surface area contributed by atoms with Crippen molar-refractivity contribution in [3.05, 3.63) is 11.9 Å². The van der Waals surface area contributed by atoms with Crippen LogP contribution in [0.4, 0.5) is 11.6 Å². The van der Waals surface area contributed by atoms with Gasteiger partial charge in [-0.15, -0.1) is 0 Å². The van der Waals surface area contributed by atoms with Gasteiger partial charge in [0.05, 0.1) is 6.10 Å². The predicted molar refractivity (Wildman–Crippen MR) is 87.1 cm³/mol. The standard InChI is InChI=1S/C16H28N4O/c1-4-7-14-18-15(17-9-5-2)11-16(19-14)20(3)12-13-8-6-10-21-13/h11,13H,4-10,12H2,1-3H3,(H,17,18,19). The van der Waals surface area contributed by atoms with Crippen LogP contribution in [0.3, 0.4) is 0 Å². The second kappa shape index (κ2) is 8.17. The molecule has 1 unspecified atom stereocenters.